The average Bonchev–Trinajstić information content (AvgIpc) is 2.30. The summed E-state index contributed by atoms with van der Waals surface area (Å²) in [4.78, 5) is 0. The summed E-state index contributed by atoms with van der Waals surface area (Å²) >= 11 is 0. The van der Waals surface area contributed by atoms with Gasteiger partial charge in [0, 0.05) is 12.1 Å². The van der Waals surface area contributed by atoms with E-state index in [4.69, 9.17) is 5.73 Å². The van der Waals surface area contributed by atoms with E-state index in [1.54, 1.807) is 0 Å². The third kappa shape index (κ3) is 1.32. The minimum absolute atomic E-state index is 0.398. The van der Waals surface area contributed by atoms with Crippen molar-refractivity contribution in [2.75, 3.05) is 6.54 Å². The molecule has 0 spiro atoms. The van der Waals surface area contributed by atoms with E-state index in [0.29, 0.717) is 18.0 Å². The largest absolute Gasteiger partial charge is 0.326 e. The first-order valence-electron chi connectivity index (χ1n) is 4.28. The molecule has 1 fully saturated rings. The molecule has 3 unspecified atom stereocenters. The molecule has 2 heteroatoms. The number of hydrogen-bond acceptors (Lipinski definition) is 2. The summed E-state index contributed by atoms with van der Waals surface area (Å²) in [6, 6.07) is 0.972. The molecule has 0 aromatic rings. The van der Waals surface area contributed by atoms with Crippen molar-refractivity contribution < 1.29 is 0 Å². The highest BCUT2D eigenvalue weighted by molar-refractivity contribution is 4.91. The van der Waals surface area contributed by atoms with Crippen LogP contribution in [-0.4, -0.2) is 18.6 Å². The van der Waals surface area contributed by atoms with E-state index in [-0.39, 0.29) is 0 Å². The Labute approximate surface area is 63.2 Å². The molecule has 0 saturated carbocycles. The van der Waals surface area contributed by atoms with Gasteiger partial charge in [-0.25, -0.2) is 0 Å². The fourth-order valence-electron chi connectivity index (χ4n) is 1.74. The van der Waals surface area contributed by atoms with E-state index in [2.05, 4.69) is 19.2 Å². The van der Waals surface area contributed by atoms with Crippen LogP contribution in [0.15, 0.2) is 0 Å². The molecular weight excluding hydrogens is 124 g/mol. The van der Waals surface area contributed by atoms with Gasteiger partial charge < -0.3 is 11.1 Å². The van der Waals surface area contributed by atoms with Gasteiger partial charge in [0.2, 0.25) is 0 Å². The Kier molecular flexibility index (Phi) is 2.69. The van der Waals surface area contributed by atoms with Crippen LogP contribution in [0.5, 0.6) is 0 Å². The zero-order valence-corrected chi connectivity index (χ0v) is 6.93. The van der Waals surface area contributed by atoms with Crippen molar-refractivity contribution in [2.45, 2.75) is 38.8 Å². The van der Waals surface area contributed by atoms with Gasteiger partial charge in [0.25, 0.3) is 0 Å². The van der Waals surface area contributed by atoms with Gasteiger partial charge in [0.15, 0.2) is 0 Å². The Morgan fingerprint density at radius 3 is 2.40 bits per heavy atom. The third-order valence-corrected chi connectivity index (χ3v) is 2.62. The molecule has 3 N–H and O–H groups in total. The number of rotatable bonds is 2. The standard InChI is InChI=1S/C8H18N2/c1-3-6-5-10-7(4-2)8(6)9/h6-8,10H,3-5,9H2,1-2H3. The molecule has 10 heavy (non-hydrogen) atoms. The SMILES string of the molecule is CCC1CNC(CC)C1N. The smallest absolute Gasteiger partial charge is 0.0235 e. The van der Waals surface area contributed by atoms with E-state index in [1.807, 2.05) is 0 Å². The second kappa shape index (κ2) is 3.35. The predicted molar refractivity (Wildman–Crippen MR) is 43.8 cm³/mol. The summed E-state index contributed by atoms with van der Waals surface area (Å²) in [6.45, 7) is 5.52. The predicted octanol–water partition coefficient (Wildman–Crippen LogP) is 0.722. The Morgan fingerprint density at radius 1 is 1.40 bits per heavy atom. The highest BCUT2D eigenvalue weighted by Gasteiger charge is 2.29. The lowest BCUT2D eigenvalue weighted by molar-refractivity contribution is 0.447. The average molecular weight is 142 g/mol. The number of hydrogen-bond donors (Lipinski definition) is 2. The van der Waals surface area contributed by atoms with Crippen molar-refractivity contribution >= 4 is 0 Å². The maximum absolute atomic E-state index is 5.98. The van der Waals surface area contributed by atoms with E-state index in [0.717, 1.165) is 13.0 Å². The van der Waals surface area contributed by atoms with Crippen molar-refractivity contribution in [2.24, 2.45) is 11.7 Å². The van der Waals surface area contributed by atoms with E-state index in [9.17, 15) is 0 Å². The lowest BCUT2D eigenvalue weighted by Gasteiger charge is -2.16. The van der Waals surface area contributed by atoms with E-state index >= 15 is 0 Å². The van der Waals surface area contributed by atoms with Crippen LogP contribution in [0.4, 0.5) is 0 Å². The Bertz CT molecular complexity index is 91.4. The third-order valence-electron chi connectivity index (χ3n) is 2.62. The molecule has 0 amide bonds. The van der Waals surface area contributed by atoms with Crippen LogP contribution in [-0.2, 0) is 0 Å². The van der Waals surface area contributed by atoms with Crippen LogP contribution >= 0.6 is 0 Å². The summed E-state index contributed by atoms with van der Waals surface area (Å²) in [7, 11) is 0. The summed E-state index contributed by atoms with van der Waals surface area (Å²) in [6.07, 6.45) is 2.38. The lowest BCUT2D eigenvalue weighted by Crippen LogP contribution is -2.38. The summed E-state index contributed by atoms with van der Waals surface area (Å²) < 4.78 is 0. The fraction of sp³-hybridized carbons (Fsp3) is 1.00. The quantitative estimate of drug-likeness (QED) is 0.596. The number of nitrogens with one attached hydrogen (secondary N) is 1. The summed E-state index contributed by atoms with van der Waals surface area (Å²) in [5.41, 5.74) is 5.98. The van der Waals surface area contributed by atoms with Gasteiger partial charge in [-0.2, -0.15) is 0 Å². The molecule has 2 nitrogen and oxygen atoms in total. The van der Waals surface area contributed by atoms with Gasteiger partial charge in [0.05, 0.1) is 0 Å². The number of nitrogens with two attached hydrogens (primary N) is 1. The van der Waals surface area contributed by atoms with Gasteiger partial charge in [-0.1, -0.05) is 20.3 Å². The Morgan fingerprint density at radius 2 is 2.10 bits per heavy atom. The van der Waals surface area contributed by atoms with Crippen LogP contribution < -0.4 is 11.1 Å². The van der Waals surface area contributed by atoms with E-state index < -0.39 is 0 Å². The summed E-state index contributed by atoms with van der Waals surface area (Å²) in [5.74, 6) is 0.713. The van der Waals surface area contributed by atoms with Crippen molar-refractivity contribution in [3.8, 4) is 0 Å². The molecule has 0 aliphatic carbocycles. The highest BCUT2D eigenvalue weighted by atomic mass is 15.0. The summed E-state index contributed by atoms with van der Waals surface area (Å²) in [5, 5.41) is 3.43. The second-order valence-electron chi connectivity index (χ2n) is 3.17. The first kappa shape index (κ1) is 8.02. The maximum Gasteiger partial charge on any atom is 0.0235 e. The van der Waals surface area contributed by atoms with E-state index in [1.165, 1.54) is 6.42 Å². The van der Waals surface area contributed by atoms with Crippen LogP contribution in [0.3, 0.4) is 0 Å². The van der Waals surface area contributed by atoms with Crippen molar-refractivity contribution in [3.05, 3.63) is 0 Å². The molecule has 1 aliphatic rings. The van der Waals surface area contributed by atoms with Crippen LogP contribution in [0.2, 0.25) is 0 Å². The van der Waals surface area contributed by atoms with Crippen LogP contribution in [0.1, 0.15) is 26.7 Å². The van der Waals surface area contributed by atoms with Crippen LogP contribution in [0, 0.1) is 5.92 Å². The normalized spacial score (nSPS) is 40.5. The molecule has 1 heterocycles. The molecular formula is C8H18N2. The zero-order chi connectivity index (χ0) is 7.56. The molecule has 0 aromatic carbocycles. The topological polar surface area (TPSA) is 38.0 Å². The van der Waals surface area contributed by atoms with Crippen LogP contribution in [0.25, 0.3) is 0 Å². The monoisotopic (exact) mass is 142 g/mol. The highest BCUT2D eigenvalue weighted by Crippen LogP contribution is 2.17. The second-order valence-corrected chi connectivity index (χ2v) is 3.17. The Hall–Kier alpha value is -0.0800. The van der Waals surface area contributed by atoms with Crippen molar-refractivity contribution in [1.82, 2.24) is 5.32 Å². The minimum Gasteiger partial charge on any atom is -0.326 e. The lowest BCUT2D eigenvalue weighted by atomic mass is 9.96. The molecule has 1 rings (SSSR count). The minimum atomic E-state index is 0.398. The molecule has 0 aromatic heterocycles. The fourth-order valence-corrected chi connectivity index (χ4v) is 1.74. The molecule has 60 valence electrons. The first-order chi connectivity index (χ1) is 4.79. The molecule has 1 saturated heterocycles. The van der Waals surface area contributed by atoms with Gasteiger partial charge >= 0.3 is 0 Å². The zero-order valence-electron chi connectivity index (χ0n) is 6.93. The molecule has 3 atom stereocenters. The molecule has 0 bridgehead atoms. The van der Waals surface area contributed by atoms with Gasteiger partial charge in [-0.3, -0.25) is 0 Å². The van der Waals surface area contributed by atoms with Crippen molar-refractivity contribution in [3.63, 3.8) is 0 Å². The van der Waals surface area contributed by atoms with Gasteiger partial charge in [0.1, 0.15) is 0 Å². The molecule has 1 aliphatic heterocycles. The maximum atomic E-state index is 5.98. The molecule has 0 radical (unpaired) electrons. The van der Waals surface area contributed by atoms with Gasteiger partial charge in [-0.15, -0.1) is 0 Å². The Balaban J connectivity index is 2.41. The van der Waals surface area contributed by atoms with Crippen molar-refractivity contribution in [1.29, 1.82) is 0 Å². The van der Waals surface area contributed by atoms with Gasteiger partial charge in [-0.05, 0) is 18.9 Å². The first-order valence-corrected chi connectivity index (χ1v) is 4.28.